The summed E-state index contributed by atoms with van der Waals surface area (Å²) in [5.41, 5.74) is 4.30. The highest BCUT2D eigenvalue weighted by Crippen LogP contribution is 2.42. The Morgan fingerprint density at radius 3 is 2.39 bits per heavy atom. The SMILES string of the molecule is CONC(=O)CC1C(=O)N(C2CCN([C@H]3CC[C@H](C(C)C)CC3)CC2)c2ccccc21. The molecule has 2 heterocycles. The maximum Gasteiger partial charge on any atom is 0.244 e. The number of fused-ring (bicyclic) bond motifs is 1. The summed E-state index contributed by atoms with van der Waals surface area (Å²) < 4.78 is 0. The molecule has 1 aliphatic carbocycles. The van der Waals surface area contributed by atoms with Crippen molar-refractivity contribution in [3.05, 3.63) is 29.8 Å². The van der Waals surface area contributed by atoms with Crippen molar-refractivity contribution in [3.63, 3.8) is 0 Å². The number of para-hydroxylation sites is 1. The quantitative estimate of drug-likeness (QED) is 0.700. The van der Waals surface area contributed by atoms with Crippen LogP contribution in [-0.4, -0.2) is 49.0 Å². The molecule has 1 saturated heterocycles. The minimum Gasteiger partial charge on any atom is -0.308 e. The zero-order chi connectivity index (χ0) is 22.0. The maximum atomic E-state index is 13.4. The molecule has 0 radical (unpaired) electrons. The molecule has 2 aliphatic heterocycles. The standard InChI is InChI=1S/C25H37N3O3/c1-17(2)18-8-10-19(11-9-18)27-14-12-20(13-15-27)28-23-7-5-4-6-21(23)22(25(28)30)16-24(29)26-31-3/h4-7,17-20,22H,8-16H2,1-3H3,(H,26,29)/t18-,19-,22?. The Hall–Kier alpha value is -1.92. The van der Waals surface area contributed by atoms with Gasteiger partial charge in [-0.15, -0.1) is 0 Å². The Morgan fingerprint density at radius 1 is 1.06 bits per heavy atom. The fourth-order valence-corrected chi connectivity index (χ4v) is 5.98. The summed E-state index contributed by atoms with van der Waals surface area (Å²) in [5, 5.41) is 0. The Labute approximate surface area is 186 Å². The largest absolute Gasteiger partial charge is 0.308 e. The molecule has 4 rings (SSSR count). The van der Waals surface area contributed by atoms with Crippen LogP contribution in [0.1, 0.15) is 70.3 Å². The van der Waals surface area contributed by atoms with Crippen molar-refractivity contribution in [2.24, 2.45) is 11.8 Å². The predicted molar refractivity (Wildman–Crippen MR) is 122 cm³/mol. The van der Waals surface area contributed by atoms with Crippen molar-refractivity contribution in [2.45, 2.75) is 76.8 Å². The second-order valence-corrected chi connectivity index (χ2v) is 9.83. The van der Waals surface area contributed by atoms with Crippen LogP contribution in [0.4, 0.5) is 5.69 Å². The van der Waals surface area contributed by atoms with Crippen LogP contribution in [0, 0.1) is 11.8 Å². The first-order valence-electron chi connectivity index (χ1n) is 12.0. The third-order valence-electron chi connectivity index (χ3n) is 7.78. The Balaban J connectivity index is 1.39. The third-order valence-corrected chi connectivity index (χ3v) is 7.78. The highest BCUT2D eigenvalue weighted by atomic mass is 16.6. The van der Waals surface area contributed by atoms with Crippen molar-refractivity contribution >= 4 is 17.5 Å². The van der Waals surface area contributed by atoms with Gasteiger partial charge in [-0.25, -0.2) is 5.48 Å². The summed E-state index contributed by atoms with van der Waals surface area (Å²) >= 11 is 0. The number of hydroxylamine groups is 1. The number of likely N-dealkylation sites (tertiary alicyclic amines) is 1. The van der Waals surface area contributed by atoms with E-state index in [-0.39, 0.29) is 24.3 Å². The van der Waals surface area contributed by atoms with E-state index in [1.165, 1.54) is 32.8 Å². The molecule has 0 spiro atoms. The van der Waals surface area contributed by atoms with Crippen molar-refractivity contribution in [2.75, 3.05) is 25.1 Å². The van der Waals surface area contributed by atoms with Gasteiger partial charge in [-0.3, -0.25) is 14.4 Å². The van der Waals surface area contributed by atoms with Crippen LogP contribution in [0.2, 0.25) is 0 Å². The van der Waals surface area contributed by atoms with Crippen LogP contribution in [0.25, 0.3) is 0 Å². The number of rotatable bonds is 6. The first-order chi connectivity index (χ1) is 15.0. The van der Waals surface area contributed by atoms with E-state index in [0.29, 0.717) is 6.04 Å². The molecule has 1 saturated carbocycles. The van der Waals surface area contributed by atoms with E-state index in [1.54, 1.807) is 0 Å². The van der Waals surface area contributed by atoms with E-state index in [0.717, 1.165) is 49.0 Å². The number of hydrogen-bond acceptors (Lipinski definition) is 4. The molecule has 1 N–H and O–H groups in total. The van der Waals surface area contributed by atoms with Crippen molar-refractivity contribution in [1.29, 1.82) is 0 Å². The van der Waals surface area contributed by atoms with E-state index in [1.807, 2.05) is 29.2 Å². The van der Waals surface area contributed by atoms with E-state index < -0.39 is 5.92 Å². The highest BCUT2D eigenvalue weighted by Gasteiger charge is 2.42. The molecule has 0 aromatic heterocycles. The number of amides is 2. The number of nitrogens with zero attached hydrogens (tertiary/aromatic N) is 2. The molecule has 1 aromatic carbocycles. The number of anilines is 1. The van der Waals surface area contributed by atoms with E-state index in [4.69, 9.17) is 4.84 Å². The molecule has 1 unspecified atom stereocenters. The topological polar surface area (TPSA) is 61.9 Å². The molecule has 1 aromatic rings. The van der Waals surface area contributed by atoms with Crippen LogP contribution in [0.3, 0.4) is 0 Å². The maximum absolute atomic E-state index is 13.4. The van der Waals surface area contributed by atoms with Gasteiger partial charge in [0.2, 0.25) is 11.8 Å². The highest BCUT2D eigenvalue weighted by molar-refractivity contribution is 6.07. The summed E-state index contributed by atoms with van der Waals surface area (Å²) in [4.78, 5) is 34.9. The number of carbonyl (C=O) groups excluding carboxylic acids is 2. The summed E-state index contributed by atoms with van der Waals surface area (Å²) in [6.07, 6.45) is 7.46. The average Bonchev–Trinajstić information content (AvgIpc) is 3.05. The van der Waals surface area contributed by atoms with Gasteiger partial charge in [0.05, 0.1) is 13.0 Å². The Bertz CT molecular complexity index is 780. The monoisotopic (exact) mass is 427 g/mol. The zero-order valence-corrected chi connectivity index (χ0v) is 19.2. The summed E-state index contributed by atoms with van der Waals surface area (Å²) in [6, 6.07) is 8.88. The minimum absolute atomic E-state index is 0.0587. The molecular weight excluding hydrogens is 390 g/mol. The van der Waals surface area contributed by atoms with Crippen molar-refractivity contribution < 1.29 is 14.4 Å². The molecule has 0 bridgehead atoms. The molecule has 1 atom stereocenters. The number of piperidine rings is 1. The first kappa shape index (κ1) is 22.3. The van der Waals surface area contributed by atoms with Gasteiger partial charge in [-0.2, -0.15) is 0 Å². The van der Waals surface area contributed by atoms with Crippen LogP contribution in [0.15, 0.2) is 24.3 Å². The second-order valence-electron chi connectivity index (χ2n) is 9.83. The molecule has 6 nitrogen and oxygen atoms in total. The van der Waals surface area contributed by atoms with Crippen LogP contribution >= 0.6 is 0 Å². The number of benzene rings is 1. The van der Waals surface area contributed by atoms with Gasteiger partial charge in [-0.05, 0) is 62.0 Å². The Morgan fingerprint density at radius 2 is 1.74 bits per heavy atom. The van der Waals surface area contributed by atoms with Gasteiger partial charge < -0.3 is 9.80 Å². The van der Waals surface area contributed by atoms with Gasteiger partial charge in [0.25, 0.3) is 0 Å². The lowest BCUT2D eigenvalue weighted by molar-refractivity contribution is -0.133. The second kappa shape index (κ2) is 9.70. The van der Waals surface area contributed by atoms with E-state index in [2.05, 4.69) is 24.2 Å². The fraction of sp³-hybridized carbons (Fsp3) is 0.680. The predicted octanol–water partition coefficient (Wildman–Crippen LogP) is 3.86. The normalized spacial score (nSPS) is 27.5. The van der Waals surface area contributed by atoms with Gasteiger partial charge in [0.1, 0.15) is 0 Å². The zero-order valence-electron chi connectivity index (χ0n) is 19.2. The summed E-state index contributed by atoms with van der Waals surface area (Å²) in [6.45, 7) is 6.83. The first-order valence-corrected chi connectivity index (χ1v) is 12.0. The third kappa shape index (κ3) is 4.65. The van der Waals surface area contributed by atoms with Crippen LogP contribution in [-0.2, 0) is 14.4 Å². The smallest absolute Gasteiger partial charge is 0.244 e. The lowest BCUT2D eigenvalue weighted by Crippen LogP contribution is -2.50. The molecule has 31 heavy (non-hydrogen) atoms. The number of nitrogens with one attached hydrogen (secondary N) is 1. The fourth-order valence-electron chi connectivity index (χ4n) is 5.98. The average molecular weight is 428 g/mol. The number of carbonyl (C=O) groups is 2. The summed E-state index contributed by atoms with van der Waals surface area (Å²) in [5.74, 6) is 1.06. The van der Waals surface area contributed by atoms with Crippen molar-refractivity contribution in [1.82, 2.24) is 10.4 Å². The van der Waals surface area contributed by atoms with Crippen LogP contribution < -0.4 is 10.4 Å². The number of hydrogen-bond donors (Lipinski definition) is 1. The van der Waals surface area contributed by atoms with Gasteiger partial charge in [0, 0.05) is 37.3 Å². The summed E-state index contributed by atoms with van der Waals surface area (Å²) in [7, 11) is 1.41. The molecular formula is C25H37N3O3. The van der Waals surface area contributed by atoms with Crippen molar-refractivity contribution in [3.8, 4) is 0 Å². The molecule has 2 fully saturated rings. The lowest BCUT2D eigenvalue weighted by Gasteiger charge is -2.43. The molecule has 3 aliphatic rings. The van der Waals surface area contributed by atoms with E-state index in [9.17, 15) is 9.59 Å². The lowest BCUT2D eigenvalue weighted by atomic mass is 9.79. The van der Waals surface area contributed by atoms with Gasteiger partial charge >= 0.3 is 0 Å². The van der Waals surface area contributed by atoms with Crippen LogP contribution in [0.5, 0.6) is 0 Å². The van der Waals surface area contributed by atoms with Gasteiger partial charge in [0.15, 0.2) is 0 Å². The molecule has 2 amide bonds. The Kier molecular flexibility index (Phi) is 6.97. The molecule has 6 heteroatoms. The van der Waals surface area contributed by atoms with Gasteiger partial charge in [-0.1, -0.05) is 32.0 Å². The minimum atomic E-state index is -0.421. The van der Waals surface area contributed by atoms with E-state index >= 15 is 0 Å². The molecule has 170 valence electrons.